The van der Waals surface area contributed by atoms with Gasteiger partial charge >= 0.3 is 0 Å². The lowest BCUT2D eigenvalue weighted by atomic mass is 9.96. The predicted octanol–water partition coefficient (Wildman–Crippen LogP) is 4.83. The van der Waals surface area contributed by atoms with Crippen molar-refractivity contribution >= 4 is 22.6 Å². The first kappa shape index (κ1) is 15.4. The van der Waals surface area contributed by atoms with Gasteiger partial charge < -0.3 is 5.32 Å². The number of aryl methyl sites for hydroxylation is 1. The van der Waals surface area contributed by atoms with Crippen LogP contribution in [-0.4, -0.2) is 6.54 Å². The first-order chi connectivity index (χ1) is 9.63. The first-order valence-electron chi connectivity index (χ1n) is 6.87. The Morgan fingerprint density at radius 3 is 2.60 bits per heavy atom. The van der Waals surface area contributed by atoms with Crippen molar-refractivity contribution in [2.75, 3.05) is 6.54 Å². The fourth-order valence-corrected chi connectivity index (χ4v) is 2.97. The Labute approximate surface area is 133 Å². The van der Waals surface area contributed by atoms with E-state index in [1.54, 1.807) is 6.07 Å². The van der Waals surface area contributed by atoms with Crippen molar-refractivity contribution < 1.29 is 4.39 Å². The van der Waals surface area contributed by atoms with Gasteiger partial charge in [-0.2, -0.15) is 0 Å². The van der Waals surface area contributed by atoms with Gasteiger partial charge in [-0.15, -0.1) is 0 Å². The molecule has 0 bridgehead atoms. The number of hydrogen-bond donors (Lipinski definition) is 1. The normalized spacial score (nSPS) is 12.4. The molecule has 2 aromatic rings. The number of benzene rings is 2. The van der Waals surface area contributed by atoms with Crippen molar-refractivity contribution in [2.45, 2.75) is 26.3 Å². The van der Waals surface area contributed by atoms with Crippen LogP contribution in [0.5, 0.6) is 0 Å². The summed E-state index contributed by atoms with van der Waals surface area (Å²) >= 11 is 2.31. The summed E-state index contributed by atoms with van der Waals surface area (Å²) in [4.78, 5) is 0. The third-order valence-electron chi connectivity index (χ3n) is 3.28. The highest BCUT2D eigenvalue weighted by Crippen LogP contribution is 2.28. The molecule has 2 aromatic carbocycles. The molecule has 0 saturated heterocycles. The summed E-state index contributed by atoms with van der Waals surface area (Å²) in [6.07, 6.45) is 1.02. The highest BCUT2D eigenvalue weighted by Gasteiger charge is 2.19. The topological polar surface area (TPSA) is 12.0 Å². The van der Waals surface area contributed by atoms with Gasteiger partial charge in [-0.25, -0.2) is 4.39 Å². The van der Waals surface area contributed by atoms with Gasteiger partial charge in [0.25, 0.3) is 0 Å². The lowest BCUT2D eigenvalue weighted by Crippen LogP contribution is -2.25. The average Bonchev–Trinajstić information content (AvgIpc) is 2.44. The van der Waals surface area contributed by atoms with E-state index >= 15 is 0 Å². The van der Waals surface area contributed by atoms with Gasteiger partial charge in [-0.3, -0.25) is 0 Å². The van der Waals surface area contributed by atoms with Gasteiger partial charge in [0.1, 0.15) is 5.82 Å². The molecule has 0 heterocycles. The van der Waals surface area contributed by atoms with Gasteiger partial charge in [0.05, 0.1) is 6.04 Å². The van der Waals surface area contributed by atoms with Crippen LogP contribution in [0.1, 0.15) is 36.1 Å². The molecule has 3 heteroatoms. The summed E-state index contributed by atoms with van der Waals surface area (Å²) in [5, 5.41) is 3.47. The third-order valence-corrected chi connectivity index (χ3v) is 4.26. The average molecular weight is 383 g/mol. The zero-order valence-electron chi connectivity index (χ0n) is 11.8. The highest BCUT2D eigenvalue weighted by atomic mass is 127. The quantitative estimate of drug-likeness (QED) is 0.730. The minimum Gasteiger partial charge on any atom is -0.306 e. The molecule has 0 aliphatic carbocycles. The largest absolute Gasteiger partial charge is 0.306 e. The fourth-order valence-electron chi connectivity index (χ4n) is 2.27. The highest BCUT2D eigenvalue weighted by molar-refractivity contribution is 14.1. The Hall–Kier alpha value is -0.940. The summed E-state index contributed by atoms with van der Waals surface area (Å²) in [6.45, 7) is 4.98. The number of rotatable bonds is 5. The number of halogens is 2. The van der Waals surface area contributed by atoms with Crippen LogP contribution in [0, 0.1) is 16.3 Å². The maximum absolute atomic E-state index is 14.2. The van der Waals surface area contributed by atoms with Gasteiger partial charge in [-0.05, 0) is 60.2 Å². The Morgan fingerprint density at radius 1 is 1.15 bits per heavy atom. The lowest BCUT2D eigenvalue weighted by Gasteiger charge is -2.22. The molecule has 0 spiro atoms. The van der Waals surface area contributed by atoms with Gasteiger partial charge in [0.15, 0.2) is 0 Å². The molecule has 0 radical (unpaired) electrons. The van der Waals surface area contributed by atoms with Crippen LogP contribution in [0.4, 0.5) is 4.39 Å². The molecule has 0 fully saturated rings. The van der Waals surface area contributed by atoms with Crippen molar-refractivity contribution in [3.05, 3.63) is 68.5 Å². The molecule has 106 valence electrons. The minimum absolute atomic E-state index is 0.0945. The Bertz CT molecular complexity index is 583. The third kappa shape index (κ3) is 3.58. The van der Waals surface area contributed by atoms with E-state index in [2.05, 4.69) is 47.0 Å². The lowest BCUT2D eigenvalue weighted by molar-refractivity contribution is 0.545. The van der Waals surface area contributed by atoms with E-state index in [4.69, 9.17) is 0 Å². The van der Waals surface area contributed by atoms with Crippen LogP contribution in [0.2, 0.25) is 0 Å². The summed E-state index contributed by atoms with van der Waals surface area (Å²) in [7, 11) is 0. The molecule has 1 nitrogen and oxygen atoms in total. The van der Waals surface area contributed by atoms with Crippen LogP contribution in [0.25, 0.3) is 0 Å². The zero-order valence-corrected chi connectivity index (χ0v) is 13.9. The molecule has 0 saturated carbocycles. The molecule has 0 amide bonds. The van der Waals surface area contributed by atoms with E-state index in [1.807, 2.05) is 31.2 Å². The smallest absolute Gasteiger partial charge is 0.128 e. The van der Waals surface area contributed by atoms with E-state index in [9.17, 15) is 4.39 Å². The Morgan fingerprint density at radius 2 is 1.90 bits per heavy atom. The molecule has 20 heavy (non-hydrogen) atoms. The van der Waals surface area contributed by atoms with Crippen molar-refractivity contribution in [3.63, 3.8) is 0 Å². The molecule has 0 aliphatic rings. The SMILES string of the molecule is CCCNC(c1cc(C)ccc1F)c1ccccc1I. The molecule has 1 N–H and O–H groups in total. The summed E-state index contributed by atoms with van der Waals surface area (Å²) in [5.41, 5.74) is 2.93. The van der Waals surface area contributed by atoms with Gasteiger partial charge in [0, 0.05) is 9.13 Å². The number of nitrogens with one attached hydrogen (secondary N) is 1. The maximum atomic E-state index is 14.2. The molecular formula is C17H19FIN. The van der Waals surface area contributed by atoms with E-state index < -0.39 is 0 Å². The van der Waals surface area contributed by atoms with Crippen molar-refractivity contribution in [1.29, 1.82) is 0 Å². The Kier molecular flexibility index (Phi) is 5.54. The van der Waals surface area contributed by atoms with E-state index in [1.165, 1.54) is 0 Å². The molecule has 2 rings (SSSR count). The maximum Gasteiger partial charge on any atom is 0.128 e. The minimum atomic E-state index is -0.149. The van der Waals surface area contributed by atoms with Crippen LogP contribution < -0.4 is 5.32 Å². The standard InChI is InChI=1S/C17H19FIN/c1-3-10-20-17(13-6-4-5-7-16(13)19)14-11-12(2)8-9-15(14)18/h4-9,11,17,20H,3,10H2,1-2H3. The molecule has 0 aliphatic heterocycles. The van der Waals surface area contributed by atoms with Crippen molar-refractivity contribution in [1.82, 2.24) is 5.32 Å². The van der Waals surface area contributed by atoms with E-state index in [0.717, 1.165) is 33.2 Å². The summed E-state index contributed by atoms with van der Waals surface area (Å²) in [6, 6.07) is 13.4. The fraction of sp³-hybridized carbons (Fsp3) is 0.294. The monoisotopic (exact) mass is 383 g/mol. The zero-order chi connectivity index (χ0) is 14.5. The van der Waals surface area contributed by atoms with Crippen LogP contribution >= 0.6 is 22.6 Å². The van der Waals surface area contributed by atoms with Crippen molar-refractivity contribution in [2.24, 2.45) is 0 Å². The van der Waals surface area contributed by atoms with Crippen LogP contribution in [0.15, 0.2) is 42.5 Å². The molecule has 0 aromatic heterocycles. The molecule has 1 unspecified atom stereocenters. The molecular weight excluding hydrogens is 364 g/mol. The summed E-state index contributed by atoms with van der Waals surface area (Å²) in [5.74, 6) is -0.149. The first-order valence-corrected chi connectivity index (χ1v) is 7.95. The number of hydrogen-bond acceptors (Lipinski definition) is 1. The van der Waals surface area contributed by atoms with Gasteiger partial charge in [0.2, 0.25) is 0 Å². The van der Waals surface area contributed by atoms with Gasteiger partial charge in [-0.1, -0.05) is 42.8 Å². The second kappa shape index (κ2) is 7.18. The molecule has 1 atom stereocenters. The summed E-state index contributed by atoms with van der Waals surface area (Å²) < 4.78 is 15.4. The van der Waals surface area contributed by atoms with Crippen LogP contribution in [-0.2, 0) is 0 Å². The predicted molar refractivity (Wildman–Crippen MR) is 90.4 cm³/mol. The van der Waals surface area contributed by atoms with Crippen molar-refractivity contribution in [3.8, 4) is 0 Å². The Balaban J connectivity index is 2.47. The van der Waals surface area contributed by atoms with E-state index in [-0.39, 0.29) is 11.9 Å². The van der Waals surface area contributed by atoms with Crippen LogP contribution in [0.3, 0.4) is 0 Å². The van der Waals surface area contributed by atoms with E-state index in [0.29, 0.717) is 0 Å². The second-order valence-electron chi connectivity index (χ2n) is 4.93. The second-order valence-corrected chi connectivity index (χ2v) is 6.10.